The largest absolute Gasteiger partial charge is 0.409 e. The van der Waals surface area contributed by atoms with Crippen molar-refractivity contribution in [3.05, 3.63) is 0 Å². The third kappa shape index (κ3) is 2.85. The molecular formula is C9H19N3O2. The molecular weight excluding hydrogens is 182 g/mol. The maximum absolute atomic E-state index is 9.29. The predicted octanol–water partition coefficient (Wildman–Crippen LogP) is -0.125. The molecule has 14 heavy (non-hydrogen) atoms. The summed E-state index contributed by atoms with van der Waals surface area (Å²) in [5.74, 6) is 0.177. The number of aliphatic hydroxyl groups is 1. The Balaban J connectivity index is 2.28. The third-order valence-electron chi connectivity index (χ3n) is 2.93. The zero-order valence-corrected chi connectivity index (χ0v) is 8.37. The molecule has 0 bridgehead atoms. The van der Waals surface area contributed by atoms with E-state index in [1.165, 1.54) is 12.8 Å². The molecule has 1 rings (SSSR count). The Morgan fingerprint density at radius 2 is 2.07 bits per heavy atom. The van der Waals surface area contributed by atoms with E-state index in [2.05, 4.69) is 10.5 Å². The number of nitrogens with zero attached hydrogens (tertiary/aromatic N) is 1. The van der Waals surface area contributed by atoms with Gasteiger partial charge in [-0.05, 0) is 12.8 Å². The molecule has 1 aliphatic rings. The van der Waals surface area contributed by atoms with Crippen LogP contribution >= 0.6 is 0 Å². The molecule has 1 fully saturated rings. The van der Waals surface area contributed by atoms with Crippen LogP contribution < -0.4 is 11.1 Å². The predicted molar refractivity (Wildman–Crippen MR) is 54.3 cm³/mol. The lowest BCUT2D eigenvalue weighted by Crippen LogP contribution is -2.39. The van der Waals surface area contributed by atoms with Gasteiger partial charge in [0.25, 0.3) is 0 Å². The fraction of sp³-hybridized carbons (Fsp3) is 0.889. The molecule has 1 aliphatic carbocycles. The molecule has 0 atom stereocenters. The number of amidine groups is 1. The second-order valence-electron chi connectivity index (χ2n) is 4.06. The molecule has 0 aromatic rings. The van der Waals surface area contributed by atoms with Crippen molar-refractivity contribution < 1.29 is 10.3 Å². The smallest absolute Gasteiger partial charge is 0.153 e. The topological polar surface area (TPSA) is 90.9 Å². The average molecular weight is 201 g/mol. The molecule has 5 nitrogen and oxygen atoms in total. The Bertz CT molecular complexity index is 200. The monoisotopic (exact) mass is 201 g/mol. The van der Waals surface area contributed by atoms with Crippen molar-refractivity contribution in [2.75, 3.05) is 19.7 Å². The number of oxime groups is 1. The molecule has 0 aromatic heterocycles. The molecule has 1 saturated carbocycles. The van der Waals surface area contributed by atoms with E-state index in [1.807, 2.05) is 0 Å². The molecule has 0 aliphatic heterocycles. The fourth-order valence-corrected chi connectivity index (χ4v) is 2.01. The van der Waals surface area contributed by atoms with Crippen LogP contribution in [0.2, 0.25) is 0 Å². The minimum Gasteiger partial charge on any atom is -0.409 e. The van der Waals surface area contributed by atoms with Crippen molar-refractivity contribution in [2.45, 2.75) is 25.7 Å². The SMILES string of the molecule is NC(CNCC1(CO)CCCC1)=NO. The zero-order valence-electron chi connectivity index (χ0n) is 8.37. The molecule has 5 heteroatoms. The maximum Gasteiger partial charge on any atom is 0.153 e. The Kier molecular flexibility index (Phi) is 4.16. The van der Waals surface area contributed by atoms with Gasteiger partial charge in [0.05, 0.1) is 6.54 Å². The van der Waals surface area contributed by atoms with Crippen LogP contribution in [0.15, 0.2) is 5.16 Å². The molecule has 0 radical (unpaired) electrons. The van der Waals surface area contributed by atoms with E-state index >= 15 is 0 Å². The van der Waals surface area contributed by atoms with Crippen molar-refractivity contribution >= 4 is 5.84 Å². The van der Waals surface area contributed by atoms with E-state index < -0.39 is 0 Å². The molecule has 0 spiro atoms. The first kappa shape index (κ1) is 11.3. The summed E-state index contributed by atoms with van der Waals surface area (Å²) >= 11 is 0. The zero-order chi connectivity index (χ0) is 10.4. The first-order valence-corrected chi connectivity index (χ1v) is 5.00. The Morgan fingerprint density at radius 3 is 2.57 bits per heavy atom. The lowest BCUT2D eigenvalue weighted by molar-refractivity contribution is 0.130. The van der Waals surface area contributed by atoms with E-state index in [9.17, 15) is 5.11 Å². The highest BCUT2D eigenvalue weighted by Gasteiger charge is 2.32. The minimum absolute atomic E-state index is 0.0235. The number of nitrogens with two attached hydrogens (primary N) is 1. The molecule has 0 unspecified atom stereocenters. The molecule has 0 aromatic carbocycles. The van der Waals surface area contributed by atoms with Crippen molar-refractivity contribution in [1.29, 1.82) is 0 Å². The molecule has 0 saturated heterocycles. The van der Waals surface area contributed by atoms with Gasteiger partial charge in [0, 0.05) is 18.6 Å². The molecule has 0 heterocycles. The summed E-state index contributed by atoms with van der Waals surface area (Å²) in [6.07, 6.45) is 4.50. The van der Waals surface area contributed by atoms with Crippen molar-refractivity contribution in [3.63, 3.8) is 0 Å². The lowest BCUT2D eigenvalue weighted by Gasteiger charge is -2.26. The highest BCUT2D eigenvalue weighted by Crippen LogP contribution is 2.36. The van der Waals surface area contributed by atoms with Crippen molar-refractivity contribution in [1.82, 2.24) is 5.32 Å². The quantitative estimate of drug-likeness (QED) is 0.216. The van der Waals surface area contributed by atoms with E-state index in [4.69, 9.17) is 10.9 Å². The van der Waals surface area contributed by atoms with E-state index in [-0.39, 0.29) is 17.9 Å². The van der Waals surface area contributed by atoms with Gasteiger partial charge in [-0.3, -0.25) is 0 Å². The number of hydrogen-bond acceptors (Lipinski definition) is 4. The van der Waals surface area contributed by atoms with Gasteiger partial charge < -0.3 is 21.4 Å². The summed E-state index contributed by atoms with van der Waals surface area (Å²) in [6, 6.07) is 0. The van der Waals surface area contributed by atoms with Gasteiger partial charge in [-0.15, -0.1) is 0 Å². The first-order chi connectivity index (χ1) is 6.72. The maximum atomic E-state index is 9.29. The number of rotatable bonds is 5. The van der Waals surface area contributed by atoms with Crippen LogP contribution in [0.5, 0.6) is 0 Å². The van der Waals surface area contributed by atoms with Crippen molar-refractivity contribution in [2.24, 2.45) is 16.3 Å². The van der Waals surface area contributed by atoms with E-state index in [1.54, 1.807) is 0 Å². The van der Waals surface area contributed by atoms with Gasteiger partial charge in [0.1, 0.15) is 0 Å². The normalized spacial score (nSPS) is 21.4. The van der Waals surface area contributed by atoms with Crippen molar-refractivity contribution in [3.8, 4) is 0 Å². The molecule has 5 N–H and O–H groups in total. The standard InChI is InChI=1S/C9H19N3O2/c10-8(12-14)5-11-6-9(7-13)3-1-2-4-9/h11,13-14H,1-7H2,(H2,10,12). The lowest BCUT2D eigenvalue weighted by atomic mass is 9.87. The van der Waals surface area contributed by atoms with E-state index in [0.717, 1.165) is 19.4 Å². The summed E-state index contributed by atoms with van der Waals surface area (Å²) in [4.78, 5) is 0. The van der Waals surface area contributed by atoms with Gasteiger partial charge in [-0.25, -0.2) is 0 Å². The van der Waals surface area contributed by atoms with Crippen LogP contribution in [0.3, 0.4) is 0 Å². The minimum atomic E-state index is 0.0235. The summed E-state index contributed by atoms with van der Waals surface area (Å²) in [7, 11) is 0. The van der Waals surface area contributed by atoms with Gasteiger partial charge in [-0.2, -0.15) is 0 Å². The van der Waals surface area contributed by atoms with Crippen LogP contribution in [0, 0.1) is 5.41 Å². The highest BCUT2D eigenvalue weighted by atomic mass is 16.4. The Morgan fingerprint density at radius 1 is 1.43 bits per heavy atom. The Labute approximate surface area is 84.0 Å². The summed E-state index contributed by atoms with van der Waals surface area (Å²) in [6.45, 7) is 1.33. The van der Waals surface area contributed by atoms with Gasteiger partial charge >= 0.3 is 0 Å². The second-order valence-corrected chi connectivity index (χ2v) is 4.06. The summed E-state index contributed by atoms with van der Waals surface area (Å²) in [5, 5.41) is 23.6. The first-order valence-electron chi connectivity index (χ1n) is 5.00. The molecule has 0 amide bonds. The molecule has 82 valence electrons. The number of hydrogen-bond donors (Lipinski definition) is 4. The number of nitrogens with one attached hydrogen (secondary N) is 1. The van der Waals surface area contributed by atoms with Crippen LogP contribution in [-0.4, -0.2) is 35.8 Å². The van der Waals surface area contributed by atoms with Crippen LogP contribution in [0.25, 0.3) is 0 Å². The van der Waals surface area contributed by atoms with E-state index in [0.29, 0.717) is 6.54 Å². The van der Waals surface area contributed by atoms with Crippen LogP contribution in [0.1, 0.15) is 25.7 Å². The van der Waals surface area contributed by atoms with Gasteiger partial charge in [-0.1, -0.05) is 18.0 Å². The van der Waals surface area contributed by atoms with Gasteiger partial charge in [0.15, 0.2) is 5.84 Å². The van der Waals surface area contributed by atoms with Crippen LogP contribution in [0.4, 0.5) is 0 Å². The second kappa shape index (κ2) is 5.17. The van der Waals surface area contributed by atoms with Gasteiger partial charge in [0.2, 0.25) is 0 Å². The Hall–Kier alpha value is -0.810. The number of aliphatic hydroxyl groups excluding tert-OH is 1. The highest BCUT2D eigenvalue weighted by molar-refractivity contribution is 5.81. The fourth-order valence-electron chi connectivity index (χ4n) is 2.01. The summed E-state index contributed by atoms with van der Waals surface area (Å²) in [5.41, 5.74) is 5.34. The third-order valence-corrected chi connectivity index (χ3v) is 2.93. The summed E-state index contributed by atoms with van der Waals surface area (Å²) < 4.78 is 0. The van der Waals surface area contributed by atoms with Crippen LogP contribution in [-0.2, 0) is 0 Å². The average Bonchev–Trinajstić information content (AvgIpc) is 2.67.